The molecule has 0 saturated heterocycles. The van der Waals surface area contributed by atoms with Gasteiger partial charge in [-0.1, -0.05) is 12.1 Å². The van der Waals surface area contributed by atoms with E-state index in [1.807, 2.05) is 24.3 Å². The van der Waals surface area contributed by atoms with Crippen LogP contribution in [0.3, 0.4) is 0 Å². The Labute approximate surface area is 105 Å². The van der Waals surface area contributed by atoms with Crippen molar-refractivity contribution in [3.05, 3.63) is 48.5 Å². The van der Waals surface area contributed by atoms with Gasteiger partial charge in [0.25, 0.3) is 0 Å². The maximum absolute atomic E-state index is 11.6. The fraction of sp³-hybridized carbons (Fsp3) is 0.231. The van der Waals surface area contributed by atoms with Crippen LogP contribution in [0.25, 0.3) is 0 Å². The lowest BCUT2D eigenvalue weighted by Crippen LogP contribution is -2.29. The van der Waals surface area contributed by atoms with Gasteiger partial charge in [0.15, 0.2) is 0 Å². The largest absolute Gasteiger partial charge is 0.497 e. The molecule has 0 bridgehead atoms. The summed E-state index contributed by atoms with van der Waals surface area (Å²) in [5, 5.41) is 2.81. The summed E-state index contributed by atoms with van der Waals surface area (Å²) < 4.78 is 6.55. The van der Waals surface area contributed by atoms with Gasteiger partial charge in [-0.2, -0.15) is 0 Å². The number of rotatable bonds is 4. The minimum absolute atomic E-state index is 0.171. The highest BCUT2D eigenvalue weighted by Crippen LogP contribution is 2.12. The smallest absolute Gasteiger partial charge is 0.326 e. The van der Waals surface area contributed by atoms with E-state index >= 15 is 0 Å². The summed E-state index contributed by atoms with van der Waals surface area (Å²) in [6.45, 7) is 0.574. The number of ether oxygens (including phenoxy) is 1. The summed E-state index contributed by atoms with van der Waals surface area (Å²) in [6, 6.07) is 7.63. The number of hydrogen-bond donors (Lipinski definition) is 1. The molecule has 1 aromatic heterocycles. The van der Waals surface area contributed by atoms with E-state index in [4.69, 9.17) is 4.74 Å². The van der Waals surface area contributed by atoms with Gasteiger partial charge < -0.3 is 10.1 Å². The van der Waals surface area contributed by atoms with Crippen molar-refractivity contribution in [3.8, 4) is 5.75 Å². The van der Waals surface area contributed by atoms with Crippen LogP contribution < -0.4 is 10.1 Å². The SMILES string of the molecule is COc1cccc(CCNC(=O)n2ccnc2)c1. The molecule has 5 nitrogen and oxygen atoms in total. The normalized spacial score (nSPS) is 10.1. The first kappa shape index (κ1) is 12.2. The molecule has 1 heterocycles. The van der Waals surface area contributed by atoms with Gasteiger partial charge >= 0.3 is 6.03 Å². The summed E-state index contributed by atoms with van der Waals surface area (Å²) in [5.41, 5.74) is 1.13. The van der Waals surface area contributed by atoms with Gasteiger partial charge in [0.2, 0.25) is 0 Å². The number of benzene rings is 1. The molecule has 0 fully saturated rings. The number of aromatic nitrogens is 2. The van der Waals surface area contributed by atoms with E-state index in [2.05, 4.69) is 10.3 Å². The molecular formula is C13H15N3O2. The first-order valence-corrected chi connectivity index (χ1v) is 5.68. The second-order valence-electron chi connectivity index (χ2n) is 3.80. The van der Waals surface area contributed by atoms with Crippen LogP contribution in [0.1, 0.15) is 5.56 Å². The molecule has 0 spiro atoms. The molecular weight excluding hydrogens is 230 g/mol. The van der Waals surface area contributed by atoms with Gasteiger partial charge in [-0.3, -0.25) is 4.57 Å². The van der Waals surface area contributed by atoms with Gasteiger partial charge in [-0.15, -0.1) is 0 Å². The lowest BCUT2D eigenvalue weighted by atomic mass is 10.1. The summed E-state index contributed by atoms with van der Waals surface area (Å²) in [4.78, 5) is 15.4. The van der Waals surface area contributed by atoms with E-state index in [1.165, 1.54) is 10.9 Å². The monoisotopic (exact) mass is 245 g/mol. The van der Waals surface area contributed by atoms with E-state index in [-0.39, 0.29) is 6.03 Å². The van der Waals surface area contributed by atoms with Gasteiger partial charge in [0, 0.05) is 18.9 Å². The Morgan fingerprint density at radius 2 is 2.39 bits per heavy atom. The Bertz CT molecular complexity index is 509. The van der Waals surface area contributed by atoms with Crippen molar-refractivity contribution >= 4 is 6.03 Å². The van der Waals surface area contributed by atoms with Gasteiger partial charge in [-0.25, -0.2) is 9.78 Å². The molecule has 0 aliphatic carbocycles. The summed E-state index contributed by atoms with van der Waals surface area (Å²) in [6.07, 6.45) is 5.42. The molecule has 0 aliphatic heterocycles. The van der Waals surface area contributed by atoms with Crippen LogP contribution in [-0.2, 0) is 6.42 Å². The number of amides is 1. The molecule has 18 heavy (non-hydrogen) atoms. The lowest BCUT2D eigenvalue weighted by molar-refractivity contribution is 0.242. The van der Waals surface area contributed by atoms with Crippen molar-refractivity contribution in [1.82, 2.24) is 14.9 Å². The maximum Gasteiger partial charge on any atom is 0.326 e. The van der Waals surface area contributed by atoms with Crippen LogP contribution in [0.5, 0.6) is 5.75 Å². The van der Waals surface area contributed by atoms with Crippen molar-refractivity contribution in [2.75, 3.05) is 13.7 Å². The summed E-state index contributed by atoms with van der Waals surface area (Å²) in [7, 11) is 1.64. The standard InChI is InChI=1S/C13H15N3O2/c1-18-12-4-2-3-11(9-12)5-6-15-13(17)16-8-7-14-10-16/h2-4,7-10H,5-6H2,1H3,(H,15,17). The van der Waals surface area contributed by atoms with Crippen molar-refractivity contribution < 1.29 is 9.53 Å². The fourth-order valence-electron chi connectivity index (χ4n) is 1.61. The molecule has 1 amide bonds. The van der Waals surface area contributed by atoms with Gasteiger partial charge in [-0.05, 0) is 24.1 Å². The Morgan fingerprint density at radius 3 is 3.11 bits per heavy atom. The quantitative estimate of drug-likeness (QED) is 0.891. The minimum Gasteiger partial charge on any atom is -0.497 e. The first-order valence-electron chi connectivity index (χ1n) is 5.68. The molecule has 2 rings (SSSR count). The summed E-state index contributed by atoms with van der Waals surface area (Å²) >= 11 is 0. The maximum atomic E-state index is 11.6. The van der Waals surface area contributed by atoms with Crippen molar-refractivity contribution in [3.63, 3.8) is 0 Å². The second kappa shape index (κ2) is 5.86. The Kier molecular flexibility index (Phi) is 3.96. The minimum atomic E-state index is -0.171. The molecule has 0 unspecified atom stereocenters. The predicted octanol–water partition coefficient (Wildman–Crippen LogP) is 1.69. The number of methoxy groups -OCH3 is 1. The fourth-order valence-corrected chi connectivity index (χ4v) is 1.61. The van der Waals surface area contributed by atoms with Crippen LogP contribution in [0.4, 0.5) is 4.79 Å². The van der Waals surface area contributed by atoms with Crippen LogP contribution >= 0.6 is 0 Å². The van der Waals surface area contributed by atoms with E-state index in [0.717, 1.165) is 17.7 Å². The first-order chi connectivity index (χ1) is 8.79. The molecule has 0 radical (unpaired) electrons. The van der Waals surface area contributed by atoms with Crippen LogP contribution in [-0.4, -0.2) is 29.2 Å². The third kappa shape index (κ3) is 3.10. The van der Waals surface area contributed by atoms with Crippen molar-refractivity contribution in [2.45, 2.75) is 6.42 Å². The third-order valence-electron chi connectivity index (χ3n) is 2.56. The topological polar surface area (TPSA) is 56.1 Å². The number of nitrogens with one attached hydrogen (secondary N) is 1. The van der Waals surface area contributed by atoms with Gasteiger partial charge in [0.05, 0.1) is 7.11 Å². The molecule has 0 saturated carbocycles. The van der Waals surface area contributed by atoms with Crippen LogP contribution in [0.15, 0.2) is 43.0 Å². The Morgan fingerprint density at radius 1 is 1.50 bits per heavy atom. The number of hydrogen-bond acceptors (Lipinski definition) is 3. The second-order valence-corrected chi connectivity index (χ2v) is 3.80. The number of imidazole rings is 1. The molecule has 2 aromatic rings. The van der Waals surface area contributed by atoms with Crippen LogP contribution in [0, 0.1) is 0 Å². The number of carbonyl (C=O) groups is 1. The predicted molar refractivity (Wildman–Crippen MR) is 67.7 cm³/mol. The van der Waals surface area contributed by atoms with E-state index < -0.39 is 0 Å². The highest BCUT2D eigenvalue weighted by molar-refractivity contribution is 5.76. The molecule has 1 N–H and O–H groups in total. The highest BCUT2D eigenvalue weighted by Gasteiger charge is 2.02. The molecule has 94 valence electrons. The van der Waals surface area contributed by atoms with Crippen molar-refractivity contribution in [2.24, 2.45) is 0 Å². The highest BCUT2D eigenvalue weighted by atomic mass is 16.5. The van der Waals surface area contributed by atoms with Crippen LogP contribution in [0.2, 0.25) is 0 Å². The number of carbonyl (C=O) groups excluding carboxylic acids is 1. The molecule has 1 aromatic carbocycles. The summed E-state index contributed by atoms with van der Waals surface area (Å²) in [5.74, 6) is 0.827. The third-order valence-corrected chi connectivity index (χ3v) is 2.56. The average Bonchev–Trinajstić information content (AvgIpc) is 2.93. The zero-order valence-electron chi connectivity index (χ0n) is 10.2. The lowest BCUT2D eigenvalue weighted by Gasteiger charge is -2.06. The average molecular weight is 245 g/mol. The molecule has 0 aliphatic rings. The zero-order chi connectivity index (χ0) is 12.8. The zero-order valence-corrected chi connectivity index (χ0v) is 10.2. The molecule has 5 heteroatoms. The van der Waals surface area contributed by atoms with Crippen molar-refractivity contribution in [1.29, 1.82) is 0 Å². The molecule has 0 atom stereocenters. The Hall–Kier alpha value is -2.30. The number of nitrogens with zero attached hydrogens (tertiary/aromatic N) is 2. The van der Waals surface area contributed by atoms with E-state index in [9.17, 15) is 4.79 Å². The Balaban J connectivity index is 1.83. The van der Waals surface area contributed by atoms with Gasteiger partial charge in [0.1, 0.15) is 12.1 Å². The van der Waals surface area contributed by atoms with E-state index in [0.29, 0.717) is 6.54 Å². The van der Waals surface area contributed by atoms with E-state index in [1.54, 1.807) is 19.5 Å².